The van der Waals surface area contributed by atoms with E-state index in [1.54, 1.807) is 12.1 Å². The van der Waals surface area contributed by atoms with Gasteiger partial charge in [-0.1, -0.05) is 24.3 Å². The first-order valence-corrected chi connectivity index (χ1v) is 4.78. The van der Waals surface area contributed by atoms with Gasteiger partial charge >= 0.3 is 0 Å². The second-order valence-corrected chi connectivity index (χ2v) is 3.30. The normalized spacial score (nSPS) is 10.9. The molecule has 2 N–H and O–H groups in total. The van der Waals surface area contributed by atoms with Crippen LogP contribution in [0, 0.1) is 0 Å². The SMILES string of the molecule is NCCCc1ccc(CC(F)F)cc1. The van der Waals surface area contributed by atoms with Gasteiger partial charge in [0, 0.05) is 6.42 Å². The van der Waals surface area contributed by atoms with Crippen molar-refractivity contribution in [3.05, 3.63) is 35.4 Å². The molecule has 0 bridgehead atoms. The molecule has 0 aliphatic carbocycles. The second kappa shape index (κ2) is 5.70. The number of aryl methyl sites for hydroxylation is 1. The van der Waals surface area contributed by atoms with Crippen LogP contribution in [0.2, 0.25) is 0 Å². The van der Waals surface area contributed by atoms with Crippen LogP contribution in [0.15, 0.2) is 24.3 Å². The first-order valence-electron chi connectivity index (χ1n) is 4.78. The molecule has 0 amide bonds. The molecule has 0 spiro atoms. The Kier molecular flexibility index (Phi) is 4.53. The van der Waals surface area contributed by atoms with Gasteiger partial charge in [-0.3, -0.25) is 0 Å². The molecule has 0 heterocycles. The van der Waals surface area contributed by atoms with E-state index in [0.29, 0.717) is 12.1 Å². The first-order chi connectivity index (χ1) is 6.72. The molecule has 78 valence electrons. The van der Waals surface area contributed by atoms with Gasteiger partial charge in [-0.15, -0.1) is 0 Å². The Hall–Kier alpha value is -0.960. The maximum absolute atomic E-state index is 12.0. The number of hydrogen-bond acceptors (Lipinski definition) is 1. The molecule has 1 nitrogen and oxygen atoms in total. The van der Waals surface area contributed by atoms with Gasteiger partial charge in [0.25, 0.3) is 0 Å². The van der Waals surface area contributed by atoms with E-state index >= 15 is 0 Å². The summed E-state index contributed by atoms with van der Waals surface area (Å²) in [6, 6.07) is 7.32. The Balaban J connectivity index is 2.50. The number of nitrogens with two attached hydrogens (primary N) is 1. The van der Waals surface area contributed by atoms with E-state index in [4.69, 9.17) is 5.73 Å². The smallest absolute Gasteiger partial charge is 0.242 e. The Labute approximate surface area is 82.9 Å². The predicted octanol–water partition coefficient (Wildman–Crippen LogP) is 2.39. The molecule has 1 aromatic rings. The highest BCUT2D eigenvalue weighted by molar-refractivity contribution is 5.22. The van der Waals surface area contributed by atoms with Crippen molar-refractivity contribution in [1.82, 2.24) is 0 Å². The monoisotopic (exact) mass is 199 g/mol. The van der Waals surface area contributed by atoms with Crippen molar-refractivity contribution in [3.8, 4) is 0 Å². The minimum absolute atomic E-state index is 0.156. The Morgan fingerprint density at radius 1 is 1.07 bits per heavy atom. The molecule has 0 aliphatic heterocycles. The third-order valence-corrected chi connectivity index (χ3v) is 2.08. The number of alkyl halides is 2. The van der Waals surface area contributed by atoms with E-state index in [0.717, 1.165) is 18.4 Å². The minimum atomic E-state index is -2.26. The number of hydrogen-bond donors (Lipinski definition) is 1. The van der Waals surface area contributed by atoms with E-state index in [1.807, 2.05) is 12.1 Å². The summed E-state index contributed by atoms with van der Waals surface area (Å²) in [4.78, 5) is 0. The molecular formula is C11H15F2N. The molecule has 0 atom stereocenters. The first kappa shape index (κ1) is 11.1. The van der Waals surface area contributed by atoms with E-state index in [9.17, 15) is 8.78 Å². The molecule has 0 saturated carbocycles. The summed E-state index contributed by atoms with van der Waals surface area (Å²) >= 11 is 0. The van der Waals surface area contributed by atoms with Gasteiger partial charge in [0.05, 0.1) is 0 Å². The summed E-state index contributed by atoms with van der Waals surface area (Å²) in [5, 5.41) is 0. The van der Waals surface area contributed by atoms with Crippen LogP contribution < -0.4 is 5.73 Å². The van der Waals surface area contributed by atoms with Gasteiger partial charge in [-0.05, 0) is 30.5 Å². The van der Waals surface area contributed by atoms with Crippen LogP contribution in [0.4, 0.5) is 8.78 Å². The third-order valence-electron chi connectivity index (χ3n) is 2.08. The van der Waals surface area contributed by atoms with E-state index in [-0.39, 0.29) is 6.42 Å². The second-order valence-electron chi connectivity index (χ2n) is 3.30. The minimum Gasteiger partial charge on any atom is -0.330 e. The Morgan fingerprint density at radius 2 is 1.64 bits per heavy atom. The van der Waals surface area contributed by atoms with Crippen molar-refractivity contribution in [1.29, 1.82) is 0 Å². The van der Waals surface area contributed by atoms with Crippen molar-refractivity contribution < 1.29 is 8.78 Å². The molecule has 1 aromatic carbocycles. The summed E-state index contributed by atoms with van der Waals surface area (Å²) in [6.45, 7) is 0.665. The highest BCUT2D eigenvalue weighted by Crippen LogP contribution is 2.10. The van der Waals surface area contributed by atoms with Crippen LogP contribution in [0.5, 0.6) is 0 Å². The highest BCUT2D eigenvalue weighted by Gasteiger charge is 2.03. The van der Waals surface area contributed by atoms with Gasteiger partial charge in [0.15, 0.2) is 0 Å². The molecule has 0 saturated heterocycles. The van der Waals surface area contributed by atoms with Gasteiger partial charge in [-0.2, -0.15) is 0 Å². The zero-order chi connectivity index (χ0) is 10.4. The maximum Gasteiger partial charge on any atom is 0.242 e. The summed E-state index contributed by atoms with van der Waals surface area (Å²) in [5.74, 6) is 0. The molecule has 0 radical (unpaired) electrons. The van der Waals surface area contributed by atoms with Gasteiger partial charge < -0.3 is 5.73 Å². The van der Waals surface area contributed by atoms with Crippen LogP contribution in [-0.2, 0) is 12.8 Å². The highest BCUT2D eigenvalue weighted by atomic mass is 19.3. The van der Waals surface area contributed by atoms with E-state index < -0.39 is 6.43 Å². The zero-order valence-electron chi connectivity index (χ0n) is 8.05. The zero-order valence-corrected chi connectivity index (χ0v) is 8.05. The Morgan fingerprint density at radius 3 is 2.14 bits per heavy atom. The molecule has 0 unspecified atom stereocenters. The lowest BCUT2D eigenvalue weighted by molar-refractivity contribution is 0.149. The topological polar surface area (TPSA) is 26.0 Å². The van der Waals surface area contributed by atoms with Crippen LogP contribution in [0.25, 0.3) is 0 Å². The van der Waals surface area contributed by atoms with Crippen molar-refractivity contribution in [2.75, 3.05) is 6.54 Å². The van der Waals surface area contributed by atoms with Gasteiger partial charge in [-0.25, -0.2) is 8.78 Å². The average Bonchev–Trinajstić information content (AvgIpc) is 2.16. The number of rotatable bonds is 5. The fraction of sp³-hybridized carbons (Fsp3) is 0.455. The Bertz CT molecular complexity index is 256. The lowest BCUT2D eigenvalue weighted by Crippen LogP contribution is -2.01. The molecule has 0 aromatic heterocycles. The van der Waals surface area contributed by atoms with Gasteiger partial charge in [0.2, 0.25) is 6.43 Å². The van der Waals surface area contributed by atoms with Crippen molar-refractivity contribution in [2.45, 2.75) is 25.7 Å². The lowest BCUT2D eigenvalue weighted by atomic mass is 10.1. The molecule has 0 fully saturated rings. The maximum atomic E-state index is 12.0. The van der Waals surface area contributed by atoms with Crippen LogP contribution in [0.3, 0.4) is 0 Å². The van der Waals surface area contributed by atoms with Gasteiger partial charge in [0.1, 0.15) is 0 Å². The number of halogens is 2. The molecule has 3 heteroatoms. The fourth-order valence-electron chi connectivity index (χ4n) is 1.33. The lowest BCUT2D eigenvalue weighted by Gasteiger charge is -2.03. The summed E-state index contributed by atoms with van der Waals surface area (Å²) < 4.78 is 24.0. The predicted molar refractivity (Wildman–Crippen MR) is 53.5 cm³/mol. The quantitative estimate of drug-likeness (QED) is 0.774. The van der Waals surface area contributed by atoms with Crippen molar-refractivity contribution in [3.63, 3.8) is 0 Å². The van der Waals surface area contributed by atoms with Crippen molar-refractivity contribution in [2.24, 2.45) is 5.73 Å². The molecule has 1 rings (SSSR count). The summed E-state index contributed by atoms with van der Waals surface area (Å²) in [6.07, 6.45) is -0.554. The third kappa shape index (κ3) is 3.83. The summed E-state index contributed by atoms with van der Waals surface area (Å²) in [5.41, 5.74) is 7.22. The van der Waals surface area contributed by atoms with Crippen LogP contribution in [-0.4, -0.2) is 13.0 Å². The summed E-state index contributed by atoms with van der Waals surface area (Å²) in [7, 11) is 0. The van der Waals surface area contributed by atoms with E-state index in [1.165, 1.54) is 0 Å². The van der Waals surface area contributed by atoms with Crippen LogP contribution in [0.1, 0.15) is 17.5 Å². The molecule has 14 heavy (non-hydrogen) atoms. The number of benzene rings is 1. The van der Waals surface area contributed by atoms with Crippen LogP contribution >= 0.6 is 0 Å². The molecular weight excluding hydrogens is 184 g/mol. The standard InChI is InChI=1S/C11H15F2N/c12-11(13)8-10-5-3-9(4-6-10)2-1-7-14/h3-6,11H,1-2,7-8,14H2. The van der Waals surface area contributed by atoms with E-state index in [2.05, 4.69) is 0 Å². The molecule has 0 aliphatic rings. The average molecular weight is 199 g/mol. The van der Waals surface area contributed by atoms with Crippen molar-refractivity contribution >= 4 is 0 Å². The largest absolute Gasteiger partial charge is 0.330 e. The fourth-order valence-corrected chi connectivity index (χ4v) is 1.33.